The third kappa shape index (κ3) is 5.54. The molecule has 1 saturated heterocycles. The lowest BCUT2D eigenvalue weighted by atomic mass is 9.95. The van der Waals surface area contributed by atoms with Crippen LogP contribution in [0.1, 0.15) is 40.8 Å². The zero-order valence-electron chi connectivity index (χ0n) is 24.3. The van der Waals surface area contributed by atoms with Crippen molar-refractivity contribution in [3.63, 3.8) is 0 Å². The number of amides is 1. The first kappa shape index (κ1) is 29.4. The summed E-state index contributed by atoms with van der Waals surface area (Å²) >= 11 is 7.41. The Balaban J connectivity index is 1.50. The number of hydrogen-bond donors (Lipinski definition) is 1. The van der Waals surface area contributed by atoms with Gasteiger partial charge in [0.15, 0.2) is 16.6 Å². The van der Waals surface area contributed by atoms with Crippen LogP contribution in [0, 0.1) is 13.8 Å². The molecule has 0 radical (unpaired) electrons. The second kappa shape index (κ2) is 12.1. The van der Waals surface area contributed by atoms with Crippen LogP contribution in [0.15, 0.2) is 90.5 Å². The molecule has 0 aliphatic carbocycles. The molecule has 1 aliphatic rings. The van der Waals surface area contributed by atoms with E-state index in [1.165, 1.54) is 16.2 Å². The van der Waals surface area contributed by atoms with Crippen molar-refractivity contribution in [1.82, 2.24) is 4.98 Å². The normalized spacial score (nSPS) is 16.1. The molecule has 0 bridgehead atoms. The SMILES string of the molecule is CCOc1cc(C2C(=C(O)c3ccc(Cl)cc3)C(=O)C(=O)N2c2nc3c(C)cc(C)cc3s2)ccc1OCc1ccccc1. The van der Waals surface area contributed by atoms with E-state index in [2.05, 4.69) is 0 Å². The summed E-state index contributed by atoms with van der Waals surface area (Å²) in [6.07, 6.45) is 0. The fraction of sp³-hybridized carbons (Fsp3) is 0.171. The maximum absolute atomic E-state index is 13.8. The molecule has 222 valence electrons. The zero-order chi connectivity index (χ0) is 31.0. The number of carbonyl (C=O) groups excluding carboxylic acids is 2. The lowest BCUT2D eigenvalue weighted by Crippen LogP contribution is -2.29. The van der Waals surface area contributed by atoms with Crippen LogP contribution in [-0.4, -0.2) is 28.4 Å². The quantitative estimate of drug-likeness (QED) is 0.106. The van der Waals surface area contributed by atoms with Gasteiger partial charge < -0.3 is 14.6 Å². The van der Waals surface area contributed by atoms with Gasteiger partial charge in [-0.2, -0.15) is 0 Å². The molecule has 5 aromatic rings. The van der Waals surface area contributed by atoms with Crippen LogP contribution in [0.4, 0.5) is 5.13 Å². The number of aromatic nitrogens is 1. The number of benzene rings is 4. The molecule has 1 amide bonds. The molecule has 1 unspecified atom stereocenters. The topological polar surface area (TPSA) is 89.0 Å². The van der Waals surface area contributed by atoms with Crippen molar-refractivity contribution in [3.05, 3.63) is 123 Å². The van der Waals surface area contributed by atoms with Gasteiger partial charge in [0.25, 0.3) is 5.78 Å². The van der Waals surface area contributed by atoms with Crippen LogP contribution in [0.2, 0.25) is 5.02 Å². The summed E-state index contributed by atoms with van der Waals surface area (Å²) in [5.41, 5.74) is 4.66. The lowest BCUT2D eigenvalue weighted by molar-refractivity contribution is -0.132. The Morgan fingerprint density at radius 1 is 0.955 bits per heavy atom. The minimum absolute atomic E-state index is 0.0510. The number of ketones is 1. The molecule has 1 aromatic heterocycles. The summed E-state index contributed by atoms with van der Waals surface area (Å²) in [6, 6.07) is 24.6. The highest BCUT2D eigenvalue weighted by atomic mass is 35.5. The number of anilines is 1. The van der Waals surface area contributed by atoms with Gasteiger partial charge in [-0.15, -0.1) is 0 Å². The molecule has 1 fully saturated rings. The number of aryl methyl sites for hydroxylation is 2. The smallest absolute Gasteiger partial charge is 0.301 e. The summed E-state index contributed by atoms with van der Waals surface area (Å²) < 4.78 is 13.0. The second-order valence-corrected chi connectivity index (χ2v) is 12.0. The van der Waals surface area contributed by atoms with Gasteiger partial charge in [0.2, 0.25) is 0 Å². The molecule has 1 atom stereocenters. The van der Waals surface area contributed by atoms with Crippen LogP contribution >= 0.6 is 22.9 Å². The lowest BCUT2D eigenvalue weighted by Gasteiger charge is -2.24. The van der Waals surface area contributed by atoms with E-state index in [4.69, 9.17) is 26.1 Å². The molecule has 9 heteroatoms. The van der Waals surface area contributed by atoms with E-state index in [0.29, 0.717) is 46.0 Å². The average Bonchev–Trinajstić information content (AvgIpc) is 3.55. The number of aliphatic hydroxyl groups is 1. The third-order valence-electron chi connectivity index (χ3n) is 7.41. The minimum Gasteiger partial charge on any atom is -0.507 e. The van der Waals surface area contributed by atoms with E-state index < -0.39 is 17.7 Å². The fourth-order valence-electron chi connectivity index (χ4n) is 5.39. The minimum atomic E-state index is -0.977. The summed E-state index contributed by atoms with van der Waals surface area (Å²) in [5.74, 6) is -0.921. The van der Waals surface area contributed by atoms with Crippen molar-refractivity contribution < 1.29 is 24.2 Å². The molecule has 0 saturated carbocycles. The number of fused-ring (bicyclic) bond motifs is 1. The highest BCUT2D eigenvalue weighted by Gasteiger charge is 2.48. The van der Waals surface area contributed by atoms with E-state index in [9.17, 15) is 14.7 Å². The Morgan fingerprint density at radius 2 is 1.70 bits per heavy atom. The van der Waals surface area contributed by atoms with Crippen LogP contribution in [0.25, 0.3) is 16.0 Å². The summed E-state index contributed by atoms with van der Waals surface area (Å²) in [4.78, 5) is 33.7. The van der Waals surface area contributed by atoms with Gasteiger partial charge in [0.1, 0.15) is 12.4 Å². The van der Waals surface area contributed by atoms with Gasteiger partial charge in [0, 0.05) is 10.6 Å². The Kier molecular flexibility index (Phi) is 8.12. The molecule has 6 rings (SSSR count). The number of Topliss-reactive ketones (excluding diaryl/α,β-unsaturated/α-hetero) is 1. The van der Waals surface area contributed by atoms with E-state index in [1.54, 1.807) is 42.5 Å². The molecular weight excluding hydrogens is 596 g/mol. The number of ether oxygens (including phenoxy) is 2. The third-order valence-corrected chi connectivity index (χ3v) is 8.66. The van der Waals surface area contributed by atoms with Crippen LogP contribution < -0.4 is 14.4 Å². The van der Waals surface area contributed by atoms with Gasteiger partial charge in [-0.1, -0.05) is 65.4 Å². The predicted octanol–water partition coefficient (Wildman–Crippen LogP) is 8.17. The molecule has 1 N–H and O–H groups in total. The Labute approximate surface area is 264 Å². The van der Waals surface area contributed by atoms with Gasteiger partial charge in [0.05, 0.1) is 28.4 Å². The molecule has 0 spiro atoms. The maximum Gasteiger partial charge on any atom is 0.301 e. The van der Waals surface area contributed by atoms with Crippen molar-refractivity contribution in [2.24, 2.45) is 0 Å². The average molecular weight is 625 g/mol. The second-order valence-electron chi connectivity index (χ2n) is 10.5. The largest absolute Gasteiger partial charge is 0.507 e. The van der Waals surface area contributed by atoms with Crippen molar-refractivity contribution in [2.75, 3.05) is 11.5 Å². The number of nitrogens with zero attached hydrogens (tertiary/aromatic N) is 2. The van der Waals surface area contributed by atoms with E-state index in [0.717, 1.165) is 26.9 Å². The Bertz CT molecular complexity index is 1920. The van der Waals surface area contributed by atoms with Gasteiger partial charge in [-0.25, -0.2) is 4.98 Å². The van der Waals surface area contributed by atoms with E-state index >= 15 is 0 Å². The number of rotatable bonds is 8. The van der Waals surface area contributed by atoms with Crippen molar-refractivity contribution in [2.45, 2.75) is 33.4 Å². The first-order valence-electron chi connectivity index (χ1n) is 14.1. The van der Waals surface area contributed by atoms with Crippen molar-refractivity contribution >= 4 is 55.7 Å². The first-order valence-corrected chi connectivity index (χ1v) is 15.3. The number of hydrogen-bond acceptors (Lipinski definition) is 7. The number of carbonyl (C=O) groups is 2. The predicted molar refractivity (Wildman–Crippen MR) is 174 cm³/mol. The maximum atomic E-state index is 13.8. The fourth-order valence-corrected chi connectivity index (χ4v) is 6.68. The van der Waals surface area contributed by atoms with Gasteiger partial charge in [-0.05, 0) is 85.5 Å². The Hall–Kier alpha value is -4.66. The van der Waals surface area contributed by atoms with Crippen molar-refractivity contribution in [3.8, 4) is 11.5 Å². The van der Waals surface area contributed by atoms with Crippen LogP contribution in [-0.2, 0) is 16.2 Å². The molecule has 4 aromatic carbocycles. The number of halogens is 1. The first-order chi connectivity index (χ1) is 21.2. The Morgan fingerprint density at radius 3 is 2.43 bits per heavy atom. The molecule has 1 aliphatic heterocycles. The van der Waals surface area contributed by atoms with E-state index in [-0.39, 0.29) is 11.3 Å². The molecule has 44 heavy (non-hydrogen) atoms. The highest BCUT2D eigenvalue weighted by Crippen LogP contribution is 2.46. The highest BCUT2D eigenvalue weighted by molar-refractivity contribution is 7.22. The summed E-state index contributed by atoms with van der Waals surface area (Å²) in [7, 11) is 0. The van der Waals surface area contributed by atoms with Gasteiger partial charge >= 0.3 is 5.91 Å². The molecule has 2 heterocycles. The summed E-state index contributed by atoms with van der Waals surface area (Å²) in [5, 5.41) is 12.4. The molecular formula is C35H29ClN2O5S. The monoisotopic (exact) mass is 624 g/mol. The zero-order valence-corrected chi connectivity index (χ0v) is 25.9. The van der Waals surface area contributed by atoms with Crippen molar-refractivity contribution in [1.29, 1.82) is 0 Å². The van der Waals surface area contributed by atoms with Gasteiger partial charge in [-0.3, -0.25) is 14.5 Å². The van der Waals surface area contributed by atoms with Crippen LogP contribution in [0.5, 0.6) is 11.5 Å². The van der Waals surface area contributed by atoms with Crippen LogP contribution in [0.3, 0.4) is 0 Å². The number of thiazole rings is 1. The summed E-state index contributed by atoms with van der Waals surface area (Å²) in [6.45, 7) is 6.53. The standard InChI is InChI=1S/C35H29ClN2O5S/c1-4-42-27-18-24(12-15-26(27)43-19-22-8-6-5-7-9-22)31-29(32(39)23-10-13-25(36)14-11-23)33(40)34(41)38(31)35-37-30-21(3)16-20(2)17-28(30)44-35/h5-18,31,39H,4,19H2,1-3H3. The van der Waals surface area contributed by atoms with E-state index in [1.807, 2.05) is 63.2 Å². The molecule has 7 nitrogen and oxygen atoms in total. The number of aliphatic hydroxyl groups excluding tert-OH is 1.